The third-order valence-corrected chi connectivity index (χ3v) is 4.55. The Hall–Kier alpha value is -3.61. The zero-order chi connectivity index (χ0) is 20.1. The fourth-order valence-electron chi connectivity index (χ4n) is 2.99. The molecular weight excluding hydrogens is 354 g/mol. The van der Waals surface area contributed by atoms with Crippen LogP contribution >= 0.6 is 0 Å². The Kier molecular flexibility index (Phi) is 5.74. The van der Waals surface area contributed by atoms with Gasteiger partial charge in [-0.05, 0) is 43.7 Å². The molecule has 0 saturated carbocycles. The van der Waals surface area contributed by atoms with Gasteiger partial charge < -0.3 is 16.4 Å². The zero-order valence-corrected chi connectivity index (χ0v) is 15.9. The number of benzene rings is 2. The summed E-state index contributed by atoms with van der Waals surface area (Å²) >= 11 is 0. The number of nitrogens with zero attached hydrogens (tertiary/aromatic N) is 2. The fraction of sp³-hybridized carbons (Fsp3) is 0.190. The minimum Gasteiger partial charge on any atom is -0.352 e. The Morgan fingerprint density at radius 3 is 2.29 bits per heavy atom. The van der Waals surface area contributed by atoms with Gasteiger partial charge in [0.1, 0.15) is 0 Å². The summed E-state index contributed by atoms with van der Waals surface area (Å²) in [7, 11) is 0. The average Bonchev–Trinajstić information content (AvgIpc) is 2.99. The lowest BCUT2D eigenvalue weighted by molar-refractivity contribution is 0.0951. The van der Waals surface area contributed by atoms with Gasteiger partial charge in [-0.25, -0.2) is 9.48 Å². The summed E-state index contributed by atoms with van der Waals surface area (Å²) in [6, 6.07) is 16.3. The monoisotopic (exact) mass is 377 g/mol. The van der Waals surface area contributed by atoms with Crippen LogP contribution < -0.4 is 16.4 Å². The van der Waals surface area contributed by atoms with Crippen LogP contribution in [0.2, 0.25) is 0 Å². The number of aryl methyl sites for hydroxylation is 1. The zero-order valence-electron chi connectivity index (χ0n) is 15.9. The van der Waals surface area contributed by atoms with Crippen molar-refractivity contribution in [3.8, 4) is 5.69 Å². The first-order chi connectivity index (χ1) is 13.5. The van der Waals surface area contributed by atoms with E-state index in [4.69, 9.17) is 5.73 Å². The number of amides is 3. The van der Waals surface area contributed by atoms with Crippen LogP contribution in [0.1, 0.15) is 32.9 Å². The van der Waals surface area contributed by atoms with Crippen LogP contribution in [0.25, 0.3) is 5.69 Å². The van der Waals surface area contributed by atoms with E-state index in [2.05, 4.69) is 15.7 Å². The molecule has 0 aliphatic rings. The van der Waals surface area contributed by atoms with E-state index in [0.29, 0.717) is 18.7 Å². The number of nitrogens with two attached hydrogens (primary N) is 1. The second-order valence-corrected chi connectivity index (χ2v) is 6.49. The highest BCUT2D eigenvalue weighted by molar-refractivity contribution is 5.94. The van der Waals surface area contributed by atoms with E-state index in [0.717, 1.165) is 28.2 Å². The molecule has 0 aliphatic heterocycles. The molecule has 2 aromatic carbocycles. The molecule has 1 heterocycles. The molecule has 4 N–H and O–H groups in total. The predicted molar refractivity (Wildman–Crippen MR) is 107 cm³/mol. The number of carbonyl (C=O) groups excluding carboxylic acids is 2. The molecule has 1 aromatic heterocycles. The number of hydrogen-bond acceptors (Lipinski definition) is 3. The highest BCUT2D eigenvalue weighted by atomic mass is 16.2. The maximum atomic E-state index is 12.5. The summed E-state index contributed by atoms with van der Waals surface area (Å²) in [6.45, 7) is 4.66. The first-order valence-corrected chi connectivity index (χ1v) is 8.96. The Morgan fingerprint density at radius 1 is 0.964 bits per heavy atom. The van der Waals surface area contributed by atoms with Gasteiger partial charge in [0.2, 0.25) is 0 Å². The van der Waals surface area contributed by atoms with Crippen molar-refractivity contribution in [3.63, 3.8) is 0 Å². The molecule has 7 heteroatoms. The number of hydrogen-bond donors (Lipinski definition) is 3. The van der Waals surface area contributed by atoms with Crippen LogP contribution in [0.3, 0.4) is 0 Å². The molecule has 0 unspecified atom stereocenters. The van der Waals surface area contributed by atoms with Crippen LogP contribution in [-0.4, -0.2) is 21.7 Å². The topological polar surface area (TPSA) is 102 Å². The SMILES string of the molecule is Cc1nn(-c2ccccc2)c(C)c1CNC(=O)c1ccc(CNC(N)=O)cc1. The largest absolute Gasteiger partial charge is 0.352 e. The van der Waals surface area contributed by atoms with Gasteiger partial charge in [0, 0.05) is 29.9 Å². The molecule has 0 radical (unpaired) electrons. The number of rotatable bonds is 6. The molecule has 3 aromatic rings. The van der Waals surface area contributed by atoms with Crippen molar-refractivity contribution in [1.82, 2.24) is 20.4 Å². The van der Waals surface area contributed by atoms with E-state index in [9.17, 15) is 9.59 Å². The number of primary amides is 1. The summed E-state index contributed by atoms with van der Waals surface area (Å²) in [5.74, 6) is -0.166. The maximum absolute atomic E-state index is 12.5. The highest BCUT2D eigenvalue weighted by Gasteiger charge is 2.14. The number of carbonyl (C=O) groups is 2. The Labute approximate surface area is 163 Å². The molecule has 0 fully saturated rings. The molecule has 0 spiro atoms. The van der Waals surface area contributed by atoms with Crippen molar-refractivity contribution in [1.29, 1.82) is 0 Å². The van der Waals surface area contributed by atoms with Crippen molar-refractivity contribution in [3.05, 3.63) is 82.7 Å². The van der Waals surface area contributed by atoms with Crippen LogP contribution in [0.4, 0.5) is 4.79 Å². The third kappa shape index (κ3) is 4.37. The Morgan fingerprint density at radius 2 is 1.64 bits per heavy atom. The molecule has 28 heavy (non-hydrogen) atoms. The summed E-state index contributed by atoms with van der Waals surface area (Å²) in [4.78, 5) is 23.2. The van der Waals surface area contributed by atoms with Crippen LogP contribution in [0.5, 0.6) is 0 Å². The van der Waals surface area contributed by atoms with E-state index < -0.39 is 6.03 Å². The van der Waals surface area contributed by atoms with E-state index in [-0.39, 0.29) is 5.91 Å². The van der Waals surface area contributed by atoms with Gasteiger partial charge in [-0.15, -0.1) is 0 Å². The number of nitrogens with one attached hydrogen (secondary N) is 2. The maximum Gasteiger partial charge on any atom is 0.312 e. The lowest BCUT2D eigenvalue weighted by Gasteiger charge is -2.08. The standard InChI is InChI=1S/C21H23N5O2/c1-14-19(15(2)26(25-14)18-6-4-3-5-7-18)13-23-20(27)17-10-8-16(9-11-17)12-24-21(22)28/h3-11H,12-13H2,1-2H3,(H,23,27)(H3,22,24,28). The molecule has 3 rings (SSSR count). The Balaban J connectivity index is 1.66. The van der Waals surface area contributed by atoms with E-state index in [1.54, 1.807) is 24.3 Å². The fourth-order valence-corrected chi connectivity index (χ4v) is 2.99. The molecule has 0 saturated heterocycles. The van der Waals surface area contributed by atoms with Crippen molar-refractivity contribution >= 4 is 11.9 Å². The van der Waals surface area contributed by atoms with Crippen LogP contribution in [0.15, 0.2) is 54.6 Å². The van der Waals surface area contributed by atoms with Crippen LogP contribution in [0, 0.1) is 13.8 Å². The number of para-hydroxylation sites is 1. The molecule has 7 nitrogen and oxygen atoms in total. The number of aromatic nitrogens is 2. The third-order valence-electron chi connectivity index (χ3n) is 4.55. The first-order valence-electron chi connectivity index (χ1n) is 8.96. The Bertz CT molecular complexity index is 978. The molecule has 0 aliphatic carbocycles. The molecule has 0 atom stereocenters. The second-order valence-electron chi connectivity index (χ2n) is 6.49. The van der Waals surface area contributed by atoms with Crippen molar-refractivity contribution in [2.75, 3.05) is 0 Å². The summed E-state index contributed by atoms with van der Waals surface area (Å²) in [5, 5.41) is 10.1. The molecule has 3 amide bonds. The van der Waals surface area contributed by atoms with Crippen molar-refractivity contribution < 1.29 is 9.59 Å². The summed E-state index contributed by atoms with van der Waals surface area (Å²) in [5.41, 5.74) is 10.3. The van der Waals surface area contributed by atoms with Gasteiger partial charge in [0.15, 0.2) is 0 Å². The van der Waals surface area contributed by atoms with Gasteiger partial charge in [0.05, 0.1) is 11.4 Å². The number of urea groups is 1. The van der Waals surface area contributed by atoms with E-state index in [1.165, 1.54) is 0 Å². The average molecular weight is 377 g/mol. The minimum absolute atomic E-state index is 0.166. The summed E-state index contributed by atoms with van der Waals surface area (Å²) < 4.78 is 1.89. The summed E-state index contributed by atoms with van der Waals surface area (Å²) in [6.07, 6.45) is 0. The van der Waals surface area contributed by atoms with Gasteiger partial charge >= 0.3 is 6.03 Å². The lowest BCUT2D eigenvalue weighted by atomic mass is 10.1. The van der Waals surface area contributed by atoms with Crippen LogP contribution in [-0.2, 0) is 13.1 Å². The van der Waals surface area contributed by atoms with Gasteiger partial charge in [-0.2, -0.15) is 5.10 Å². The minimum atomic E-state index is -0.580. The smallest absolute Gasteiger partial charge is 0.312 e. The van der Waals surface area contributed by atoms with Crippen molar-refractivity contribution in [2.24, 2.45) is 5.73 Å². The lowest BCUT2D eigenvalue weighted by Crippen LogP contribution is -2.28. The van der Waals surface area contributed by atoms with Gasteiger partial charge in [0.25, 0.3) is 5.91 Å². The second kappa shape index (κ2) is 8.39. The highest BCUT2D eigenvalue weighted by Crippen LogP contribution is 2.17. The first kappa shape index (κ1) is 19.2. The normalized spacial score (nSPS) is 10.5. The molecule has 0 bridgehead atoms. The van der Waals surface area contributed by atoms with Gasteiger partial charge in [-0.3, -0.25) is 4.79 Å². The van der Waals surface area contributed by atoms with E-state index in [1.807, 2.05) is 48.9 Å². The molecular formula is C21H23N5O2. The quantitative estimate of drug-likeness (QED) is 0.615. The van der Waals surface area contributed by atoms with E-state index >= 15 is 0 Å². The predicted octanol–water partition coefficient (Wildman–Crippen LogP) is 2.59. The van der Waals surface area contributed by atoms with Crippen molar-refractivity contribution in [2.45, 2.75) is 26.9 Å². The van der Waals surface area contributed by atoms with Gasteiger partial charge in [-0.1, -0.05) is 30.3 Å². The molecule has 144 valence electrons.